The van der Waals surface area contributed by atoms with Gasteiger partial charge >= 0.3 is 5.97 Å². The monoisotopic (exact) mass is 224 g/mol. The van der Waals surface area contributed by atoms with Crippen LogP contribution in [-0.4, -0.2) is 44.1 Å². The zero-order valence-electron chi connectivity index (χ0n) is 8.83. The van der Waals surface area contributed by atoms with Crippen molar-refractivity contribution in [1.82, 2.24) is 0 Å². The molecule has 0 fully saturated rings. The van der Waals surface area contributed by atoms with Crippen molar-refractivity contribution in [3.8, 4) is 0 Å². The van der Waals surface area contributed by atoms with Crippen LogP contribution in [0.5, 0.6) is 0 Å². The van der Waals surface area contributed by atoms with Crippen LogP contribution in [0.25, 0.3) is 0 Å². The van der Waals surface area contributed by atoms with Crippen LogP contribution in [-0.2, 0) is 4.79 Å². The van der Waals surface area contributed by atoms with E-state index in [1.807, 2.05) is 0 Å². The average Bonchev–Trinajstić information content (AvgIpc) is 2.13. The molecule has 0 atom stereocenters. The second-order valence-electron chi connectivity index (χ2n) is 3.01. The highest BCUT2D eigenvalue weighted by Gasteiger charge is 1.99. The lowest BCUT2D eigenvalue weighted by Crippen LogP contribution is -2.03. The van der Waals surface area contributed by atoms with Gasteiger partial charge in [0.15, 0.2) is 12.6 Å². The number of carboxylic acid groups (broad SMARTS) is 1. The molecule has 5 N–H and O–H groups in total. The summed E-state index contributed by atoms with van der Waals surface area (Å²) in [5.74, 6) is -0.840. The third kappa shape index (κ3) is 24.7. The molecule has 15 heavy (non-hydrogen) atoms. The zero-order valence-corrected chi connectivity index (χ0v) is 8.83. The molecule has 0 aromatic rings. The van der Waals surface area contributed by atoms with Crippen molar-refractivity contribution >= 4 is 5.97 Å². The molecule has 6 heteroatoms. The lowest BCUT2D eigenvalue weighted by molar-refractivity contribution is -0.137. The fourth-order valence-electron chi connectivity index (χ4n) is 0.603. The Bertz CT molecular complexity index is 146. The third-order valence-corrected chi connectivity index (χ3v) is 1.47. The predicted molar refractivity (Wildman–Crippen MR) is 52.8 cm³/mol. The Hall–Kier alpha value is -0.690. The fraction of sp³-hybridized carbons (Fsp3) is 0.889. The second-order valence-corrected chi connectivity index (χ2v) is 3.01. The van der Waals surface area contributed by atoms with Gasteiger partial charge in [0.1, 0.15) is 0 Å². The number of aliphatic hydroxyl groups excluding tert-OH is 2. The summed E-state index contributed by atoms with van der Waals surface area (Å²) in [6.45, 7) is 1.70. The molecular weight excluding hydrogens is 204 g/mol. The summed E-state index contributed by atoms with van der Waals surface area (Å²) in [5.41, 5.74) is 0. The lowest BCUT2D eigenvalue weighted by Gasteiger charge is -2.00. The van der Waals surface area contributed by atoms with Gasteiger partial charge in [-0.25, -0.2) is 0 Å². The Morgan fingerprint density at radius 2 is 1.53 bits per heavy atom. The van der Waals surface area contributed by atoms with Gasteiger partial charge in [-0.15, -0.1) is 0 Å². The highest BCUT2D eigenvalue weighted by molar-refractivity contribution is 5.66. The molecule has 0 heterocycles. The second kappa shape index (κ2) is 11.4. The van der Waals surface area contributed by atoms with E-state index in [1.54, 1.807) is 6.92 Å². The van der Waals surface area contributed by atoms with Gasteiger partial charge in [0.25, 0.3) is 0 Å². The maximum atomic E-state index is 9.92. The van der Waals surface area contributed by atoms with Crippen molar-refractivity contribution in [2.24, 2.45) is 0 Å². The molecule has 0 spiro atoms. The number of aliphatic hydroxyl groups is 4. The van der Waals surface area contributed by atoms with E-state index in [1.165, 1.54) is 0 Å². The van der Waals surface area contributed by atoms with Crippen molar-refractivity contribution in [1.29, 1.82) is 0 Å². The van der Waals surface area contributed by atoms with Crippen LogP contribution >= 0.6 is 0 Å². The summed E-state index contributed by atoms with van der Waals surface area (Å²) in [4.78, 5) is 9.92. The van der Waals surface area contributed by atoms with Crippen molar-refractivity contribution < 1.29 is 30.3 Å². The minimum atomic E-state index is -1.30. The van der Waals surface area contributed by atoms with E-state index >= 15 is 0 Å². The SMILES string of the molecule is CCC(O)O.O=C(O)CCCCC(O)O. The first kappa shape index (κ1) is 16.7. The number of hydrogen-bond donors (Lipinski definition) is 5. The molecule has 92 valence electrons. The summed E-state index contributed by atoms with van der Waals surface area (Å²) >= 11 is 0. The highest BCUT2D eigenvalue weighted by Crippen LogP contribution is 2.01. The largest absolute Gasteiger partial charge is 0.481 e. The molecule has 0 aliphatic rings. The van der Waals surface area contributed by atoms with Gasteiger partial charge in [0.2, 0.25) is 0 Å². The first-order valence-corrected chi connectivity index (χ1v) is 4.84. The van der Waals surface area contributed by atoms with E-state index < -0.39 is 18.5 Å². The molecule has 0 rings (SSSR count). The normalized spacial score (nSPS) is 10.1. The van der Waals surface area contributed by atoms with E-state index in [9.17, 15) is 4.79 Å². The Morgan fingerprint density at radius 3 is 1.80 bits per heavy atom. The number of hydrogen-bond acceptors (Lipinski definition) is 5. The van der Waals surface area contributed by atoms with Crippen LogP contribution in [0.15, 0.2) is 0 Å². The lowest BCUT2D eigenvalue weighted by atomic mass is 10.2. The van der Waals surface area contributed by atoms with Crippen molar-refractivity contribution in [2.75, 3.05) is 0 Å². The van der Waals surface area contributed by atoms with Crippen molar-refractivity contribution in [3.63, 3.8) is 0 Å². The molecule has 0 aliphatic carbocycles. The average molecular weight is 224 g/mol. The highest BCUT2D eigenvalue weighted by atomic mass is 16.5. The topological polar surface area (TPSA) is 118 Å². The van der Waals surface area contributed by atoms with Gasteiger partial charge in [-0.1, -0.05) is 6.92 Å². The summed E-state index contributed by atoms with van der Waals surface area (Å²) in [6.07, 6.45) is -0.583. The molecule has 0 saturated heterocycles. The van der Waals surface area contributed by atoms with Crippen LogP contribution in [0.1, 0.15) is 39.0 Å². The Morgan fingerprint density at radius 1 is 1.07 bits per heavy atom. The molecule has 6 nitrogen and oxygen atoms in total. The number of carbonyl (C=O) groups is 1. The molecule has 0 aromatic carbocycles. The fourth-order valence-corrected chi connectivity index (χ4v) is 0.603. The van der Waals surface area contributed by atoms with Gasteiger partial charge in [0.05, 0.1) is 0 Å². The number of unbranched alkanes of at least 4 members (excludes halogenated alkanes) is 1. The molecule has 0 saturated carbocycles. The third-order valence-electron chi connectivity index (χ3n) is 1.47. The van der Waals surface area contributed by atoms with Gasteiger partial charge < -0.3 is 25.5 Å². The summed E-state index contributed by atoms with van der Waals surface area (Å²) in [7, 11) is 0. The van der Waals surface area contributed by atoms with E-state index in [0.717, 1.165) is 0 Å². The van der Waals surface area contributed by atoms with Gasteiger partial charge in [-0.2, -0.15) is 0 Å². The Balaban J connectivity index is 0. The smallest absolute Gasteiger partial charge is 0.303 e. The molecule has 0 aromatic heterocycles. The van der Waals surface area contributed by atoms with Crippen LogP contribution in [0.4, 0.5) is 0 Å². The number of rotatable bonds is 6. The van der Waals surface area contributed by atoms with E-state index in [2.05, 4.69) is 0 Å². The standard InChI is InChI=1S/C6H12O4.C3H8O2/c7-5(8)3-1-2-4-6(9)10;1-2-3(4)5/h5,7-8H,1-4H2,(H,9,10);3-5H,2H2,1H3. The van der Waals surface area contributed by atoms with Gasteiger partial charge in [-0.3, -0.25) is 4.79 Å². The van der Waals surface area contributed by atoms with Crippen molar-refractivity contribution in [2.45, 2.75) is 51.6 Å². The summed E-state index contributed by atoms with van der Waals surface area (Å²) in [6, 6.07) is 0. The number of aliphatic carboxylic acids is 1. The van der Waals surface area contributed by atoms with Crippen LogP contribution in [0, 0.1) is 0 Å². The summed E-state index contributed by atoms with van der Waals surface area (Å²) < 4.78 is 0. The van der Waals surface area contributed by atoms with Crippen LogP contribution < -0.4 is 0 Å². The maximum absolute atomic E-state index is 9.92. The van der Waals surface area contributed by atoms with E-state index in [0.29, 0.717) is 19.3 Å². The Labute approximate surface area is 88.8 Å². The van der Waals surface area contributed by atoms with Crippen molar-refractivity contribution in [3.05, 3.63) is 0 Å². The van der Waals surface area contributed by atoms with Gasteiger partial charge in [-0.05, 0) is 25.7 Å². The van der Waals surface area contributed by atoms with Crippen LogP contribution in [0.3, 0.4) is 0 Å². The zero-order chi connectivity index (χ0) is 12.3. The first-order valence-electron chi connectivity index (χ1n) is 4.84. The molecule has 0 amide bonds. The minimum absolute atomic E-state index is 0.104. The predicted octanol–water partition coefficient (Wildman–Crippen LogP) is -0.351. The molecule has 0 unspecified atom stereocenters. The van der Waals surface area contributed by atoms with E-state index in [4.69, 9.17) is 25.5 Å². The molecule has 0 aliphatic heterocycles. The van der Waals surface area contributed by atoms with E-state index in [-0.39, 0.29) is 12.8 Å². The maximum Gasteiger partial charge on any atom is 0.303 e. The minimum Gasteiger partial charge on any atom is -0.481 e. The summed E-state index contributed by atoms with van der Waals surface area (Å²) in [5, 5.41) is 40.6. The molecular formula is C9H20O6. The quantitative estimate of drug-likeness (QED) is 0.311. The van der Waals surface area contributed by atoms with Gasteiger partial charge in [0, 0.05) is 6.42 Å². The Kier molecular flexibility index (Phi) is 12.7. The number of carboxylic acids is 1. The van der Waals surface area contributed by atoms with Crippen LogP contribution in [0.2, 0.25) is 0 Å². The molecule has 0 radical (unpaired) electrons. The first-order chi connectivity index (χ1) is 6.90. The molecule has 0 bridgehead atoms.